The van der Waals surface area contributed by atoms with Gasteiger partial charge in [-0.25, -0.2) is 0 Å². The lowest BCUT2D eigenvalue weighted by molar-refractivity contribution is 0.0737. The Morgan fingerprint density at radius 1 is 1.41 bits per heavy atom. The number of allylic oxidation sites excluding steroid dienone is 1. The maximum absolute atomic E-state index is 5.87. The van der Waals surface area contributed by atoms with E-state index in [0.717, 1.165) is 5.75 Å². The summed E-state index contributed by atoms with van der Waals surface area (Å²) in [7, 11) is 1.79. The van der Waals surface area contributed by atoms with Gasteiger partial charge in [0, 0.05) is 27.6 Å². The molecule has 0 saturated heterocycles. The van der Waals surface area contributed by atoms with E-state index in [1.807, 2.05) is 11.8 Å². The normalized spacial score (nSPS) is 31.6. The Balaban J connectivity index is 2.12. The molecule has 3 rings (SSSR count). The molecular weight excluding hydrogens is 268 g/mol. The summed E-state index contributed by atoms with van der Waals surface area (Å²) in [5.74, 6) is 1.07. The van der Waals surface area contributed by atoms with Crippen molar-refractivity contribution in [2.75, 3.05) is 12.9 Å². The zero-order valence-corrected chi connectivity index (χ0v) is 11.8. The van der Waals surface area contributed by atoms with E-state index in [4.69, 9.17) is 4.74 Å². The highest BCUT2D eigenvalue weighted by Gasteiger charge is 2.40. The second-order valence-corrected chi connectivity index (χ2v) is 6.67. The van der Waals surface area contributed by atoms with Crippen molar-refractivity contribution in [3.8, 4) is 0 Å². The van der Waals surface area contributed by atoms with Crippen molar-refractivity contribution in [1.82, 2.24) is 0 Å². The maximum atomic E-state index is 5.87. The van der Waals surface area contributed by atoms with Crippen LogP contribution in [0.25, 0.3) is 0 Å². The molecule has 3 heterocycles. The Labute approximate surface area is 114 Å². The summed E-state index contributed by atoms with van der Waals surface area (Å²) in [6.07, 6.45) is 6.58. The Morgan fingerprint density at radius 2 is 2.35 bits per heavy atom. The molecule has 4 heteroatoms. The fourth-order valence-corrected chi connectivity index (χ4v) is 5.17. The molecule has 0 fully saturated rings. The molecule has 0 aromatic carbocycles. The monoisotopic (exact) mass is 280 g/mol. The van der Waals surface area contributed by atoms with Crippen LogP contribution in [-0.2, 0) is 10.3 Å². The van der Waals surface area contributed by atoms with Gasteiger partial charge in [-0.15, -0.1) is 23.1 Å². The third-order valence-corrected chi connectivity index (χ3v) is 6.02. The molecule has 0 saturated carbocycles. The van der Waals surface area contributed by atoms with Crippen molar-refractivity contribution in [2.45, 2.75) is 5.60 Å². The van der Waals surface area contributed by atoms with Gasteiger partial charge in [-0.3, -0.25) is 0 Å². The predicted molar refractivity (Wildman–Crippen MR) is 78.4 cm³/mol. The van der Waals surface area contributed by atoms with Gasteiger partial charge in [0.25, 0.3) is 0 Å². The molecule has 0 bridgehead atoms. The number of methoxy groups -OCH3 is 1. The summed E-state index contributed by atoms with van der Waals surface area (Å²) >= 11 is 5.41. The minimum absolute atomic E-state index is 0.351. The number of thiophene rings is 1. The summed E-state index contributed by atoms with van der Waals surface area (Å²) in [6, 6.07) is 4.23. The lowest BCUT2D eigenvalue weighted by Crippen LogP contribution is -2.24. The molecule has 2 aliphatic heterocycles. The molecule has 0 N–H and O–H groups in total. The molecule has 2 aliphatic rings. The molecule has 0 amide bonds. The summed E-state index contributed by atoms with van der Waals surface area (Å²) in [4.78, 5) is 3.90. The van der Waals surface area contributed by atoms with Crippen molar-refractivity contribution in [3.05, 3.63) is 55.8 Å². The number of ether oxygens (including phenoxy) is 1. The Morgan fingerprint density at radius 3 is 3.00 bits per heavy atom. The Hall–Kier alpha value is -0.420. The molecular formula is C13H12OS3. The van der Waals surface area contributed by atoms with E-state index in [-0.39, 0.29) is 5.60 Å². The fourth-order valence-electron chi connectivity index (χ4n) is 2.03. The van der Waals surface area contributed by atoms with Crippen LogP contribution in [-0.4, -0.2) is 12.9 Å². The predicted octanol–water partition coefficient (Wildman–Crippen LogP) is 4.36. The van der Waals surface area contributed by atoms with Crippen LogP contribution < -0.4 is 0 Å². The zero-order chi connectivity index (χ0) is 11.7. The topological polar surface area (TPSA) is 9.23 Å². The van der Waals surface area contributed by atoms with E-state index in [1.165, 1.54) is 14.7 Å². The fraction of sp³-hybridized carbons (Fsp3) is 0.231. The van der Waals surface area contributed by atoms with Gasteiger partial charge in [-0.1, -0.05) is 30.0 Å². The molecule has 88 valence electrons. The first-order valence-corrected chi connectivity index (χ1v) is 8.09. The van der Waals surface area contributed by atoms with Crippen molar-refractivity contribution < 1.29 is 4.74 Å². The molecule has 17 heavy (non-hydrogen) atoms. The van der Waals surface area contributed by atoms with E-state index in [0.29, 0.717) is 0 Å². The highest BCUT2D eigenvalue weighted by molar-refractivity contribution is 8.08. The molecule has 1 nitrogen and oxygen atoms in total. The van der Waals surface area contributed by atoms with Crippen LogP contribution in [0.2, 0.25) is 0 Å². The van der Waals surface area contributed by atoms with E-state index < -0.39 is 0 Å². The molecule has 0 spiro atoms. The minimum Gasteiger partial charge on any atom is -0.363 e. The maximum Gasteiger partial charge on any atom is 0.153 e. The molecule has 1 aromatic rings. The lowest BCUT2D eigenvalue weighted by atomic mass is 10.0. The van der Waals surface area contributed by atoms with E-state index in [2.05, 4.69) is 41.1 Å². The Bertz CT molecular complexity index is 499. The second kappa shape index (κ2) is 4.69. The van der Waals surface area contributed by atoms with Crippen molar-refractivity contribution >= 4 is 34.9 Å². The third kappa shape index (κ3) is 1.83. The van der Waals surface area contributed by atoms with Crippen LogP contribution in [0.4, 0.5) is 0 Å². The highest BCUT2D eigenvalue weighted by Crippen LogP contribution is 2.52. The van der Waals surface area contributed by atoms with E-state index in [9.17, 15) is 0 Å². The average molecular weight is 280 g/mol. The van der Waals surface area contributed by atoms with Gasteiger partial charge in [0.05, 0.1) is 0 Å². The first-order valence-electron chi connectivity index (χ1n) is 5.34. The molecule has 0 radical (unpaired) electrons. The molecule has 1 atom stereocenters. The van der Waals surface area contributed by atoms with Gasteiger partial charge < -0.3 is 4.74 Å². The van der Waals surface area contributed by atoms with E-state index in [1.54, 1.807) is 30.2 Å². The smallest absolute Gasteiger partial charge is 0.153 e. The standard InChI is InChI=1S/C13H12OS3/c1-14-13(11-5-3-8-16-11)6-9-17-12(13)10-4-2-7-15-10/h2-6,8-9H,7H2,1H3. The molecule has 0 aliphatic carbocycles. The molecule has 1 aromatic heterocycles. The first kappa shape index (κ1) is 11.7. The summed E-state index contributed by atoms with van der Waals surface area (Å²) < 4.78 is 5.87. The van der Waals surface area contributed by atoms with Crippen LogP contribution in [0.3, 0.4) is 0 Å². The van der Waals surface area contributed by atoms with Crippen molar-refractivity contribution in [1.29, 1.82) is 0 Å². The van der Waals surface area contributed by atoms with Crippen LogP contribution in [0, 0.1) is 0 Å². The van der Waals surface area contributed by atoms with Gasteiger partial charge >= 0.3 is 0 Å². The first-order chi connectivity index (χ1) is 8.37. The summed E-state index contributed by atoms with van der Waals surface area (Å²) in [5.41, 5.74) is -0.351. The average Bonchev–Trinajstić information content (AvgIpc) is 3.10. The van der Waals surface area contributed by atoms with Crippen molar-refractivity contribution in [3.63, 3.8) is 0 Å². The number of rotatable bonds is 2. The number of hydrogen-bond acceptors (Lipinski definition) is 4. The quantitative estimate of drug-likeness (QED) is 0.796. The van der Waals surface area contributed by atoms with Gasteiger partial charge in [0.15, 0.2) is 5.60 Å². The van der Waals surface area contributed by atoms with Crippen molar-refractivity contribution in [2.24, 2.45) is 0 Å². The number of thioether (sulfide) groups is 2. The second-order valence-electron chi connectivity index (χ2n) is 3.74. The SMILES string of the molecule is COC1(c2cccs2)C=CSC1=C1C=CCS1. The van der Waals surface area contributed by atoms with E-state index >= 15 is 0 Å². The summed E-state index contributed by atoms with van der Waals surface area (Å²) in [6.45, 7) is 0. The summed E-state index contributed by atoms with van der Waals surface area (Å²) in [5, 5.41) is 4.24. The van der Waals surface area contributed by atoms with Crippen LogP contribution in [0.15, 0.2) is 51.0 Å². The Kier molecular flexibility index (Phi) is 3.21. The highest BCUT2D eigenvalue weighted by atomic mass is 32.2. The van der Waals surface area contributed by atoms with Gasteiger partial charge in [-0.2, -0.15) is 0 Å². The minimum atomic E-state index is -0.351. The van der Waals surface area contributed by atoms with Crippen LogP contribution >= 0.6 is 34.9 Å². The van der Waals surface area contributed by atoms with Crippen LogP contribution in [0.1, 0.15) is 4.88 Å². The zero-order valence-electron chi connectivity index (χ0n) is 9.38. The largest absolute Gasteiger partial charge is 0.363 e. The molecule has 1 unspecified atom stereocenters. The van der Waals surface area contributed by atoms with Gasteiger partial charge in [0.2, 0.25) is 0 Å². The van der Waals surface area contributed by atoms with Gasteiger partial charge in [0.1, 0.15) is 0 Å². The number of hydrogen-bond donors (Lipinski definition) is 0. The van der Waals surface area contributed by atoms with Gasteiger partial charge in [-0.05, 0) is 22.9 Å². The third-order valence-electron chi connectivity index (χ3n) is 2.86. The van der Waals surface area contributed by atoms with Crippen LogP contribution in [0.5, 0.6) is 0 Å². The lowest BCUT2D eigenvalue weighted by Gasteiger charge is -2.27.